The highest BCUT2D eigenvalue weighted by Crippen LogP contribution is 2.20. The summed E-state index contributed by atoms with van der Waals surface area (Å²) in [6.07, 6.45) is 0. The van der Waals surface area contributed by atoms with E-state index in [2.05, 4.69) is 5.32 Å². The lowest BCUT2D eigenvalue weighted by Gasteiger charge is -2.23. The van der Waals surface area contributed by atoms with Crippen LogP contribution >= 0.6 is 11.6 Å². The van der Waals surface area contributed by atoms with Gasteiger partial charge in [-0.1, -0.05) is 29.8 Å². The molecule has 0 atom stereocenters. The van der Waals surface area contributed by atoms with Gasteiger partial charge in [0.15, 0.2) is 0 Å². The summed E-state index contributed by atoms with van der Waals surface area (Å²) in [5, 5.41) is 3.03. The Bertz CT molecular complexity index is 798. The summed E-state index contributed by atoms with van der Waals surface area (Å²) in [6, 6.07) is 10.9. The Kier molecular flexibility index (Phi) is 7.12. The van der Waals surface area contributed by atoms with Crippen molar-refractivity contribution in [2.45, 2.75) is 13.5 Å². The number of hydrogen-bond acceptors (Lipinski definition) is 3. The Labute approximate surface area is 156 Å². The molecule has 26 heavy (non-hydrogen) atoms. The van der Waals surface area contributed by atoms with Gasteiger partial charge in [-0.15, -0.1) is 0 Å². The Morgan fingerprint density at radius 3 is 2.62 bits per heavy atom. The van der Waals surface area contributed by atoms with Crippen LogP contribution in [0.5, 0.6) is 0 Å². The summed E-state index contributed by atoms with van der Waals surface area (Å²) < 4.78 is 18.9. The van der Waals surface area contributed by atoms with E-state index in [4.69, 9.17) is 16.3 Å². The van der Waals surface area contributed by atoms with Crippen molar-refractivity contribution in [2.24, 2.45) is 0 Å². The lowest BCUT2D eigenvalue weighted by Crippen LogP contribution is -2.33. The molecule has 2 aromatic carbocycles. The van der Waals surface area contributed by atoms with Crippen LogP contribution in [0.15, 0.2) is 42.5 Å². The molecule has 0 heterocycles. The fourth-order valence-corrected chi connectivity index (χ4v) is 2.65. The number of amides is 2. The first kappa shape index (κ1) is 19.9. The molecule has 2 rings (SSSR count). The predicted octanol–water partition coefficient (Wildman–Crippen LogP) is 3.73. The Balaban J connectivity index is 2.29. The number of methoxy groups -OCH3 is 1. The van der Waals surface area contributed by atoms with E-state index in [0.29, 0.717) is 18.2 Å². The molecule has 0 unspecified atom stereocenters. The van der Waals surface area contributed by atoms with Crippen LogP contribution in [-0.2, 0) is 16.1 Å². The third-order valence-electron chi connectivity index (χ3n) is 3.64. The van der Waals surface area contributed by atoms with Gasteiger partial charge in [0.2, 0.25) is 5.91 Å². The maximum Gasteiger partial charge on any atom is 0.254 e. The maximum atomic E-state index is 13.9. The van der Waals surface area contributed by atoms with Gasteiger partial charge in [0.25, 0.3) is 5.91 Å². The SMILES string of the molecule is COCCN(Cc1ccccc1Cl)C(=O)c1cc(F)cc(NC(C)=O)c1. The van der Waals surface area contributed by atoms with Crippen molar-refractivity contribution in [1.29, 1.82) is 0 Å². The molecule has 138 valence electrons. The number of rotatable bonds is 7. The fourth-order valence-electron chi connectivity index (χ4n) is 2.46. The average molecular weight is 379 g/mol. The molecule has 7 heteroatoms. The first-order valence-electron chi connectivity index (χ1n) is 8.00. The minimum Gasteiger partial charge on any atom is -0.383 e. The zero-order valence-electron chi connectivity index (χ0n) is 14.6. The molecule has 1 N–H and O–H groups in total. The number of benzene rings is 2. The average Bonchev–Trinajstić information content (AvgIpc) is 2.58. The van der Waals surface area contributed by atoms with E-state index in [9.17, 15) is 14.0 Å². The van der Waals surface area contributed by atoms with Crippen molar-refractivity contribution in [3.05, 3.63) is 64.4 Å². The Hall–Kier alpha value is -2.44. The molecule has 0 fully saturated rings. The minimum atomic E-state index is -0.607. The molecule has 0 aliphatic heterocycles. The maximum absolute atomic E-state index is 13.9. The van der Waals surface area contributed by atoms with Crippen LogP contribution in [0, 0.1) is 5.82 Å². The van der Waals surface area contributed by atoms with E-state index in [1.807, 2.05) is 12.1 Å². The van der Waals surface area contributed by atoms with Crippen molar-refractivity contribution in [3.8, 4) is 0 Å². The highest BCUT2D eigenvalue weighted by Gasteiger charge is 2.19. The van der Waals surface area contributed by atoms with Crippen LogP contribution in [0.3, 0.4) is 0 Å². The topological polar surface area (TPSA) is 58.6 Å². The van der Waals surface area contributed by atoms with Gasteiger partial charge in [-0.25, -0.2) is 4.39 Å². The molecule has 0 saturated carbocycles. The number of carbonyl (C=O) groups is 2. The van der Waals surface area contributed by atoms with Crippen molar-refractivity contribution >= 4 is 29.1 Å². The molecular weight excluding hydrogens is 359 g/mol. The van der Waals surface area contributed by atoms with E-state index in [1.54, 1.807) is 12.1 Å². The monoisotopic (exact) mass is 378 g/mol. The molecule has 0 saturated heterocycles. The van der Waals surface area contributed by atoms with Gasteiger partial charge in [-0.05, 0) is 29.8 Å². The molecular formula is C19H20ClFN2O3. The largest absolute Gasteiger partial charge is 0.383 e. The third kappa shape index (κ3) is 5.54. The lowest BCUT2D eigenvalue weighted by molar-refractivity contribution is -0.114. The number of carbonyl (C=O) groups excluding carboxylic acids is 2. The van der Waals surface area contributed by atoms with Crippen LogP contribution in [-0.4, -0.2) is 37.0 Å². The van der Waals surface area contributed by atoms with E-state index < -0.39 is 5.82 Å². The summed E-state index contributed by atoms with van der Waals surface area (Å²) in [6.45, 7) is 2.21. The summed E-state index contributed by atoms with van der Waals surface area (Å²) >= 11 is 6.18. The summed E-state index contributed by atoms with van der Waals surface area (Å²) in [5.74, 6) is -1.33. The summed E-state index contributed by atoms with van der Waals surface area (Å²) in [5.41, 5.74) is 1.14. The summed E-state index contributed by atoms with van der Waals surface area (Å²) in [4.78, 5) is 25.6. The van der Waals surface area contributed by atoms with E-state index in [-0.39, 0.29) is 29.6 Å². The predicted molar refractivity (Wildman–Crippen MR) is 98.8 cm³/mol. The molecule has 0 aliphatic carbocycles. The molecule has 0 aliphatic rings. The number of ether oxygens (including phenoxy) is 1. The molecule has 0 radical (unpaired) electrons. The number of halogens is 2. The summed E-state index contributed by atoms with van der Waals surface area (Å²) in [7, 11) is 1.54. The van der Waals surface area contributed by atoms with Gasteiger partial charge >= 0.3 is 0 Å². The van der Waals surface area contributed by atoms with Crippen LogP contribution in [0.2, 0.25) is 5.02 Å². The normalized spacial score (nSPS) is 10.5. The highest BCUT2D eigenvalue weighted by atomic mass is 35.5. The van der Waals surface area contributed by atoms with Crippen LogP contribution < -0.4 is 5.32 Å². The van der Waals surface area contributed by atoms with Gasteiger partial charge in [0, 0.05) is 43.4 Å². The van der Waals surface area contributed by atoms with Gasteiger partial charge in [-0.3, -0.25) is 9.59 Å². The lowest BCUT2D eigenvalue weighted by atomic mass is 10.1. The van der Waals surface area contributed by atoms with Crippen molar-refractivity contribution in [2.75, 3.05) is 25.6 Å². The first-order valence-corrected chi connectivity index (χ1v) is 8.38. The van der Waals surface area contributed by atoms with Crippen LogP contribution in [0.1, 0.15) is 22.8 Å². The smallest absolute Gasteiger partial charge is 0.254 e. The quantitative estimate of drug-likeness (QED) is 0.798. The minimum absolute atomic E-state index is 0.136. The molecule has 2 aromatic rings. The second-order valence-electron chi connectivity index (χ2n) is 5.72. The third-order valence-corrected chi connectivity index (χ3v) is 4.01. The molecule has 0 bridgehead atoms. The highest BCUT2D eigenvalue weighted by molar-refractivity contribution is 6.31. The van der Waals surface area contributed by atoms with E-state index in [1.165, 1.54) is 25.0 Å². The van der Waals surface area contributed by atoms with E-state index in [0.717, 1.165) is 17.7 Å². The van der Waals surface area contributed by atoms with Gasteiger partial charge < -0.3 is 15.0 Å². The number of nitrogens with zero attached hydrogens (tertiary/aromatic N) is 1. The molecule has 2 amide bonds. The number of hydrogen-bond donors (Lipinski definition) is 1. The zero-order chi connectivity index (χ0) is 19.1. The van der Waals surface area contributed by atoms with Gasteiger partial charge in [-0.2, -0.15) is 0 Å². The zero-order valence-corrected chi connectivity index (χ0v) is 15.3. The Morgan fingerprint density at radius 2 is 1.96 bits per heavy atom. The standard InChI is InChI=1S/C19H20ClFN2O3/c1-13(24)22-17-10-15(9-16(21)11-17)19(25)23(7-8-26-2)12-14-5-3-4-6-18(14)20/h3-6,9-11H,7-8,12H2,1-2H3,(H,22,24). The van der Waals surface area contributed by atoms with Crippen LogP contribution in [0.4, 0.5) is 10.1 Å². The number of nitrogens with one attached hydrogen (secondary N) is 1. The van der Waals surface area contributed by atoms with E-state index >= 15 is 0 Å². The molecule has 0 spiro atoms. The molecule has 5 nitrogen and oxygen atoms in total. The first-order chi connectivity index (χ1) is 12.4. The van der Waals surface area contributed by atoms with Crippen LogP contribution in [0.25, 0.3) is 0 Å². The Morgan fingerprint density at radius 1 is 1.23 bits per heavy atom. The van der Waals surface area contributed by atoms with Gasteiger partial charge in [0.05, 0.1) is 6.61 Å². The van der Waals surface area contributed by atoms with Crippen molar-refractivity contribution in [1.82, 2.24) is 4.90 Å². The number of anilines is 1. The van der Waals surface area contributed by atoms with Gasteiger partial charge in [0.1, 0.15) is 5.82 Å². The fraction of sp³-hybridized carbons (Fsp3) is 0.263. The van der Waals surface area contributed by atoms with Crippen molar-refractivity contribution in [3.63, 3.8) is 0 Å². The molecule has 0 aromatic heterocycles. The second-order valence-corrected chi connectivity index (χ2v) is 6.13. The second kappa shape index (κ2) is 9.31. The van der Waals surface area contributed by atoms with Crippen molar-refractivity contribution < 1.29 is 18.7 Å².